The molecule has 0 saturated heterocycles. The Hall–Kier alpha value is -2.10. The number of halogens is 2. The average Bonchev–Trinajstić information content (AvgIpc) is 2.62. The first-order valence-corrected chi connectivity index (χ1v) is 9.73. The maximum absolute atomic E-state index is 13.4. The van der Waals surface area contributed by atoms with Gasteiger partial charge in [-0.15, -0.1) is 0 Å². The van der Waals surface area contributed by atoms with E-state index in [-0.39, 0.29) is 18.0 Å². The summed E-state index contributed by atoms with van der Waals surface area (Å²) in [5, 5.41) is 1.80. The van der Waals surface area contributed by atoms with Crippen LogP contribution in [0.1, 0.15) is 38.1 Å². The molecule has 0 radical (unpaired) electrons. The number of carbonyl (C=O) groups excluding carboxylic acids is 1. The molecule has 5 heteroatoms. The van der Waals surface area contributed by atoms with Crippen LogP contribution in [0, 0.1) is 0 Å². The number of carbonyl (C=O) groups is 1. The van der Waals surface area contributed by atoms with Crippen LogP contribution in [-0.2, 0) is 0 Å². The number of pyridine rings is 1. The molecule has 0 N–H and O–H groups in total. The monoisotopic (exact) mass is 400 g/mol. The van der Waals surface area contributed by atoms with Gasteiger partial charge >= 0.3 is 0 Å². The minimum absolute atomic E-state index is 0.0000829. The van der Waals surface area contributed by atoms with E-state index < -0.39 is 0 Å². The summed E-state index contributed by atoms with van der Waals surface area (Å²) in [6.45, 7) is 8.12. The van der Waals surface area contributed by atoms with Crippen molar-refractivity contribution in [2.45, 2.75) is 39.8 Å². The summed E-state index contributed by atoms with van der Waals surface area (Å²) in [6.07, 6.45) is 0. The molecule has 0 atom stereocenters. The van der Waals surface area contributed by atoms with Crippen LogP contribution in [0.4, 0.5) is 0 Å². The lowest BCUT2D eigenvalue weighted by molar-refractivity contribution is 0.0646. The third-order valence-electron chi connectivity index (χ3n) is 4.51. The second kappa shape index (κ2) is 7.87. The number of fused-ring (bicyclic) bond motifs is 1. The highest BCUT2D eigenvalue weighted by Crippen LogP contribution is 2.31. The van der Waals surface area contributed by atoms with E-state index >= 15 is 0 Å². The molecule has 27 heavy (non-hydrogen) atoms. The molecule has 1 amide bonds. The van der Waals surface area contributed by atoms with E-state index in [1.54, 1.807) is 12.1 Å². The first-order valence-electron chi connectivity index (χ1n) is 8.97. The molecule has 0 aliphatic carbocycles. The third-order valence-corrected chi connectivity index (χ3v) is 5.25. The Morgan fingerprint density at radius 2 is 1.59 bits per heavy atom. The van der Waals surface area contributed by atoms with Gasteiger partial charge in [0.1, 0.15) is 0 Å². The van der Waals surface area contributed by atoms with Crippen molar-refractivity contribution in [1.82, 2.24) is 9.88 Å². The molecule has 1 heterocycles. The summed E-state index contributed by atoms with van der Waals surface area (Å²) in [5.74, 6) is -0.0000829. The van der Waals surface area contributed by atoms with Crippen LogP contribution in [0.15, 0.2) is 48.5 Å². The topological polar surface area (TPSA) is 33.2 Å². The molecule has 0 aliphatic heterocycles. The van der Waals surface area contributed by atoms with E-state index in [1.165, 1.54) is 0 Å². The zero-order valence-corrected chi connectivity index (χ0v) is 17.3. The van der Waals surface area contributed by atoms with Crippen LogP contribution in [0.25, 0.3) is 22.2 Å². The van der Waals surface area contributed by atoms with Gasteiger partial charge in [-0.2, -0.15) is 0 Å². The first kappa shape index (κ1) is 19.7. The summed E-state index contributed by atoms with van der Waals surface area (Å²) < 4.78 is 0. The summed E-state index contributed by atoms with van der Waals surface area (Å²) in [5.41, 5.74) is 2.94. The Balaban J connectivity index is 2.22. The third kappa shape index (κ3) is 3.95. The van der Waals surface area contributed by atoms with Gasteiger partial charge in [-0.3, -0.25) is 4.79 Å². The fourth-order valence-corrected chi connectivity index (χ4v) is 3.66. The van der Waals surface area contributed by atoms with Gasteiger partial charge in [0.2, 0.25) is 0 Å². The van der Waals surface area contributed by atoms with Gasteiger partial charge in [-0.05, 0) is 52.0 Å². The normalized spacial score (nSPS) is 11.4. The number of aromatic nitrogens is 1. The molecule has 2 aromatic carbocycles. The lowest BCUT2D eigenvalue weighted by Gasteiger charge is -2.31. The minimum Gasteiger partial charge on any atom is -0.334 e. The van der Waals surface area contributed by atoms with Crippen molar-refractivity contribution in [3.63, 3.8) is 0 Å². The Labute approximate surface area is 169 Å². The smallest absolute Gasteiger partial charge is 0.255 e. The number of rotatable bonds is 4. The number of hydrogen-bond acceptors (Lipinski definition) is 2. The van der Waals surface area contributed by atoms with E-state index in [0.29, 0.717) is 21.3 Å². The highest BCUT2D eigenvalue weighted by Gasteiger charge is 2.24. The van der Waals surface area contributed by atoms with Crippen LogP contribution < -0.4 is 0 Å². The van der Waals surface area contributed by atoms with Crippen LogP contribution in [0.3, 0.4) is 0 Å². The van der Waals surface area contributed by atoms with Gasteiger partial charge in [0.25, 0.3) is 5.91 Å². The Morgan fingerprint density at radius 3 is 2.22 bits per heavy atom. The number of para-hydroxylation sites is 1. The molecule has 0 aliphatic rings. The van der Waals surface area contributed by atoms with Crippen LogP contribution in [-0.4, -0.2) is 27.9 Å². The summed E-state index contributed by atoms with van der Waals surface area (Å²) >= 11 is 12.2. The zero-order chi connectivity index (χ0) is 19.7. The van der Waals surface area contributed by atoms with Crippen molar-refractivity contribution < 1.29 is 4.79 Å². The number of nitrogens with zero attached hydrogens (tertiary/aromatic N) is 2. The van der Waals surface area contributed by atoms with Crippen molar-refractivity contribution in [3.8, 4) is 11.3 Å². The van der Waals surface area contributed by atoms with E-state index in [9.17, 15) is 4.79 Å². The van der Waals surface area contributed by atoms with Gasteiger partial charge in [0.05, 0.1) is 26.8 Å². The van der Waals surface area contributed by atoms with Gasteiger partial charge in [0.15, 0.2) is 0 Å². The molecule has 1 aromatic heterocycles. The highest BCUT2D eigenvalue weighted by molar-refractivity contribution is 6.42. The minimum atomic E-state index is -0.0000829. The number of benzene rings is 2. The Morgan fingerprint density at radius 1 is 0.926 bits per heavy atom. The van der Waals surface area contributed by atoms with Crippen LogP contribution in [0.5, 0.6) is 0 Å². The van der Waals surface area contributed by atoms with Crippen LogP contribution >= 0.6 is 23.2 Å². The van der Waals surface area contributed by atoms with E-state index in [4.69, 9.17) is 28.2 Å². The largest absolute Gasteiger partial charge is 0.334 e. The molecule has 3 aromatic rings. The summed E-state index contributed by atoms with van der Waals surface area (Å²) in [4.78, 5) is 20.0. The second-order valence-electron chi connectivity index (χ2n) is 7.10. The average molecular weight is 401 g/mol. The lowest BCUT2D eigenvalue weighted by Crippen LogP contribution is -2.42. The molecule has 0 fully saturated rings. The molecule has 140 valence electrons. The second-order valence-corrected chi connectivity index (χ2v) is 7.92. The zero-order valence-electron chi connectivity index (χ0n) is 15.8. The maximum atomic E-state index is 13.4. The summed E-state index contributed by atoms with van der Waals surface area (Å²) in [6, 6.07) is 15.1. The lowest BCUT2D eigenvalue weighted by atomic mass is 10.0. The SMILES string of the molecule is CC(C)N(C(=O)c1cc(-c2ccc(Cl)c(Cl)c2)nc2ccccc12)C(C)C. The van der Waals surface area contributed by atoms with E-state index in [1.807, 2.05) is 69.0 Å². The van der Waals surface area contributed by atoms with E-state index in [0.717, 1.165) is 16.5 Å². The van der Waals surface area contributed by atoms with Crippen molar-refractivity contribution in [3.05, 3.63) is 64.1 Å². The molecule has 3 nitrogen and oxygen atoms in total. The molecular formula is C22H22Cl2N2O. The van der Waals surface area contributed by atoms with Gasteiger partial charge in [0, 0.05) is 23.0 Å². The van der Waals surface area contributed by atoms with Gasteiger partial charge in [-0.25, -0.2) is 4.98 Å². The van der Waals surface area contributed by atoms with E-state index in [2.05, 4.69) is 0 Å². The van der Waals surface area contributed by atoms with Crippen molar-refractivity contribution in [2.24, 2.45) is 0 Å². The molecule has 0 spiro atoms. The predicted molar refractivity (Wildman–Crippen MR) is 114 cm³/mol. The first-order chi connectivity index (χ1) is 12.8. The van der Waals surface area contributed by atoms with Crippen molar-refractivity contribution >= 4 is 40.0 Å². The van der Waals surface area contributed by atoms with Crippen LogP contribution in [0.2, 0.25) is 10.0 Å². The molecule has 0 unspecified atom stereocenters. The van der Waals surface area contributed by atoms with Crippen molar-refractivity contribution in [2.75, 3.05) is 0 Å². The fraction of sp³-hybridized carbons (Fsp3) is 0.273. The maximum Gasteiger partial charge on any atom is 0.255 e. The van der Waals surface area contributed by atoms with Gasteiger partial charge < -0.3 is 4.90 Å². The van der Waals surface area contributed by atoms with Gasteiger partial charge in [-0.1, -0.05) is 47.5 Å². The highest BCUT2D eigenvalue weighted by atomic mass is 35.5. The Bertz CT molecular complexity index is 991. The quantitative estimate of drug-likeness (QED) is 0.502. The van der Waals surface area contributed by atoms with Crippen molar-refractivity contribution in [1.29, 1.82) is 0 Å². The fourth-order valence-electron chi connectivity index (χ4n) is 3.36. The number of amides is 1. The standard InChI is InChI=1S/C22H22Cl2N2O/c1-13(2)26(14(3)4)22(27)17-12-21(15-9-10-18(23)19(24)11-15)25-20-8-6-5-7-16(17)20/h5-14H,1-4H3. The predicted octanol–water partition coefficient (Wildman–Crippen LogP) is 6.47. The summed E-state index contributed by atoms with van der Waals surface area (Å²) in [7, 11) is 0. The Kier molecular flexibility index (Phi) is 5.73. The molecule has 0 bridgehead atoms. The molecular weight excluding hydrogens is 379 g/mol. The molecule has 0 saturated carbocycles. The number of hydrogen-bond donors (Lipinski definition) is 0. The molecule has 3 rings (SSSR count).